The van der Waals surface area contributed by atoms with Gasteiger partial charge in [-0.2, -0.15) is 0 Å². The van der Waals surface area contributed by atoms with Crippen LogP contribution in [0, 0.1) is 5.82 Å². The maximum atomic E-state index is 12.8. The molecule has 82 valence electrons. The van der Waals surface area contributed by atoms with Gasteiger partial charge in [0.2, 0.25) is 0 Å². The number of rotatable bonds is 2. The zero-order valence-corrected chi connectivity index (χ0v) is 11.5. The first-order valence-corrected chi connectivity index (χ1v) is 6.64. The lowest BCUT2D eigenvalue weighted by molar-refractivity contribution is 0.628. The van der Waals surface area contributed by atoms with Gasteiger partial charge in [0, 0.05) is 0 Å². The van der Waals surface area contributed by atoms with Crippen LogP contribution in [0.15, 0.2) is 48.5 Å². The lowest BCUT2D eigenvalue weighted by Crippen LogP contribution is -1.82. The third-order valence-electron chi connectivity index (χ3n) is 2.34. The Labute approximate surface area is 111 Å². The lowest BCUT2D eigenvalue weighted by Gasteiger charge is -2.05. The molecule has 0 aliphatic carbocycles. The smallest absolute Gasteiger partial charge is 0.123 e. The molecule has 0 atom stereocenters. The van der Waals surface area contributed by atoms with E-state index in [1.54, 1.807) is 12.1 Å². The van der Waals surface area contributed by atoms with Crippen molar-refractivity contribution in [3.63, 3.8) is 0 Å². The summed E-state index contributed by atoms with van der Waals surface area (Å²) in [6, 6.07) is 14.6. The van der Waals surface area contributed by atoms with Crippen molar-refractivity contribution in [2.24, 2.45) is 0 Å². The summed E-state index contributed by atoms with van der Waals surface area (Å²) in [5, 5.41) is 0. The molecule has 0 nitrogen and oxygen atoms in total. The van der Waals surface area contributed by atoms with E-state index in [4.69, 9.17) is 0 Å². The summed E-state index contributed by atoms with van der Waals surface area (Å²) in [5.74, 6) is -0.207. The molecular weight excluding hydrogens is 335 g/mol. The van der Waals surface area contributed by atoms with E-state index in [0.717, 1.165) is 16.7 Å². The van der Waals surface area contributed by atoms with Crippen molar-refractivity contribution < 1.29 is 4.39 Å². The molecule has 0 fully saturated rings. The second kappa shape index (κ2) is 5.11. The molecule has 0 radical (unpaired) electrons. The van der Waals surface area contributed by atoms with Gasteiger partial charge in [0.15, 0.2) is 0 Å². The average Bonchev–Trinajstić information content (AvgIpc) is 2.30. The van der Waals surface area contributed by atoms with Gasteiger partial charge in [-0.05, 0) is 28.8 Å². The Hall–Kier alpha value is -0.670. The van der Waals surface area contributed by atoms with E-state index < -0.39 is 0 Å². The molecule has 16 heavy (non-hydrogen) atoms. The van der Waals surface area contributed by atoms with Crippen LogP contribution in [0.2, 0.25) is 0 Å². The molecule has 0 N–H and O–H groups in total. The van der Waals surface area contributed by atoms with Gasteiger partial charge in [0.1, 0.15) is 5.82 Å². The van der Waals surface area contributed by atoms with Crippen molar-refractivity contribution in [1.29, 1.82) is 0 Å². The van der Waals surface area contributed by atoms with Crippen LogP contribution >= 0.6 is 31.9 Å². The van der Waals surface area contributed by atoms with Crippen molar-refractivity contribution in [2.75, 3.05) is 0 Å². The van der Waals surface area contributed by atoms with Crippen LogP contribution in [0.3, 0.4) is 0 Å². The first-order valence-electron chi connectivity index (χ1n) is 4.81. The van der Waals surface area contributed by atoms with Crippen LogP contribution < -0.4 is 0 Å². The van der Waals surface area contributed by atoms with Gasteiger partial charge in [-0.3, -0.25) is 0 Å². The van der Waals surface area contributed by atoms with Crippen LogP contribution in [0.25, 0.3) is 11.1 Å². The highest BCUT2D eigenvalue weighted by atomic mass is 79.9. The minimum atomic E-state index is -0.207. The van der Waals surface area contributed by atoms with Gasteiger partial charge in [0.25, 0.3) is 0 Å². The Morgan fingerprint density at radius 1 is 0.750 bits per heavy atom. The van der Waals surface area contributed by atoms with E-state index in [1.165, 1.54) is 12.1 Å². The number of benzene rings is 2. The quantitative estimate of drug-likeness (QED) is 0.650. The minimum absolute atomic E-state index is 0.169. The molecule has 0 amide bonds. The van der Waals surface area contributed by atoms with Crippen molar-refractivity contribution in [3.05, 3.63) is 59.9 Å². The van der Waals surface area contributed by atoms with Gasteiger partial charge < -0.3 is 0 Å². The van der Waals surface area contributed by atoms with Crippen molar-refractivity contribution in [1.82, 2.24) is 0 Å². The SMILES string of the molecule is Fc1ccc(-c2ccc(C(Br)Br)cc2)cc1. The van der Waals surface area contributed by atoms with Crippen molar-refractivity contribution in [3.8, 4) is 11.1 Å². The van der Waals surface area contributed by atoms with Crippen molar-refractivity contribution in [2.45, 2.75) is 3.74 Å². The fourth-order valence-corrected chi connectivity index (χ4v) is 2.07. The van der Waals surface area contributed by atoms with E-state index in [2.05, 4.69) is 31.9 Å². The summed E-state index contributed by atoms with van der Waals surface area (Å²) < 4.78 is 12.9. The summed E-state index contributed by atoms with van der Waals surface area (Å²) in [6.07, 6.45) is 0. The molecule has 2 rings (SSSR count). The molecule has 2 aromatic rings. The molecule has 0 heterocycles. The van der Waals surface area contributed by atoms with E-state index in [9.17, 15) is 4.39 Å². The number of alkyl halides is 2. The summed E-state index contributed by atoms with van der Waals surface area (Å²) in [7, 11) is 0. The second-order valence-electron chi connectivity index (χ2n) is 3.43. The third kappa shape index (κ3) is 2.71. The number of hydrogen-bond acceptors (Lipinski definition) is 0. The molecule has 0 unspecified atom stereocenters. The van der Waals surface area contributed by atoms with E-state index in [-0.39, 0.29) is 9.55 Å². The molecule has 0 saturated carbocycles. The topological polar surface area (TPSA) is 0 Å². The average molecular weight is 344 g/mol. The Morgan fingerprint density at radius 2 is 1.19 bits per heavy atom. The first kappa shape index (κ1) is 11.8. The highest BCUT2D eigenvalue weighted by molar-refractivity contribution is 9.24. The van der Waals surface area contributed by atoms with E-state index in [0.29, 0.717) is 0 Å². The molecule has 2 aromatic carbocycles. The zero-order chi connectivity index (χ0) is 11.5. The van der Waals surface area contributed by atoms with Crippen LogP contribution in [0.4, 0.5) is 4.39 Å². The Kier molecular flexibility index (Phi) is 3.77. The summed E-state index contributed by atoms with van der Waals surface area (Å²) in [4.78, 5) is 0. The molecule has 0 spiro atoms. The fourth-order valence-electron chi connectivity index (χ4n) is 1.46. The highest BCUT2D eigenvalue weighted by Gasteiger charge is 2.03. The number of halogens is 3. The minimum Gasteiger partial charge on any atom is -0.207 e. The monoisotopic (exact) mass is 342 g/mol. The molecule has 0 aliphatic rings. The standard InChI is InChI=1S/C13H9Br2F/c14-13(15)11-3-1-9(2-4-11)10-5-7-12(16)8-6-10/h1-8,13H. The maximum Gasteiger partial charge on any atom is 0.123 e. The molecular formula is C13H9Br2F. The van der Waals surface area contributed by atoms with Crippen LogP contribution in [-0.2, 0) is 0 Å². The second-order valence-corrected chi connectivity index (χ2v) is 6.49. The maximum absolute atomic E-state index is 12.8. The zero-order valence-electron chi connectivity index (χ0n) is 8.33. The molecule has 0 aliphatic heterocycles. The molecule has 0 aromatic heterocycles. The Bertz CT molecular complexity index is 460. The van der Waals surface area contributed by atoms with Crippen LogP contribution in [-0.4, -0.2) is 0 Å². The molecule has 0 saturated heterocycles. The highest BCUT2D eigenvalue weighted by Crippen LogP contribution is 2.30. The summed E-state index contributed by atoms with van der Waals surface area (Å²) in [6.45, 7) is 0. The fraction of sp³-hybridized carbons (Fsp3) is 0.0769. The predicted molar refractivity (Wildman–Crippen MR) is 72.4 cm³/mol. The summed E-state index contributed by atoms with van der Waals surface area (Å²) in [5.41, 5.74) is 3.27. The Morgan fingerprint density at radius 3 is 1.62 bits per heavy atom. The van der Waals surface area contributed by atoms with Crippen molar-refractivity contribution >= 4 is 31.9 Å². The molecule has 3 heteroatoms. The summed E-state index contributed by atoms with van der Waals surface area (Å²) >= 11 is 6.88. The molecule has 0 bridgehead atoms. The third-order valence-corrected chi connectivity index (χ3v) is 3.40. The van der Waals surface area contributed by atoms with Gasteiger partial charge in [-0.1, -0.05) is 68.3 Å². The van der Waals surface area contributed by atoms with Gasteiger partial charge in [-0.15, -0.1) is 0 Å². The first-order chi connectivity index (χ1) is 7.66. The van der Waals surface area contributed by atoms with E-state index in [1.807, 2.05) is 24.3 Å². The van der Waals surface area contributed by atoms with Crippen LogP contribution in [0.5, 0.6) is 0 Å². The Balaban J connectivity index is 2.31. The predicted octanol–water partition coefficient (Wildman–Crippen LogP) is 5.28. The van der Waals surface area contributed by atoms with Gasteiger partial charge >= 0.3 is 0 Å². The van der Waals surface area contributed by atoms with Crippen LogP contribution in [0.1, 0.15) is 9.30 Å². The normalized spacial score (nSPS) is 10.8. The lowest BCUT2D eigenvalue weighted by atomic mass is 10.0. The number of hydrogen-bond donors (Lipinski definition) is 0. The van der Waals surface area contributed by atoms with Gasteiger partial charge in [-0.25, -0.2) is 4.39 Å². The van der Waals surface area contributed by atoms with Gasteiger partial charge in [0.05, 0.1) is 3.74 Å². The van der Waals surface area contributed by atoms with E-state index >= 15 is 0 Å². The largest absolute Gasteiger partial charge is 0.207 e.